The van der Waals surface area contributed by atoms with Crippen LogP contribution in [0.2, 0.25) is 0 Å². The molecule has 1 unspecified atom stereocenters. The van der Waals surface area contributed by atoms with E-state index in [0.717, 1.165) is 53.5 Å². The zero-order valence-electron chi connectivity index (χ0n) is 15.2. The minimum absolute atomic E-state index is 0.374. The van der Waals surface area contributed by atoms with Gasteiger partial charge in [-0.3, -0.25) is 4.68 Å². The third-order valence-corrected chi connectivity index (χ3v) is 4.92. The number of hydrogen-bond donors (Lipinski definition) is 0. The summed E-state index contributed by atoms with van der Waals surface area (Å²) in [5.41, 5.74) is 4.21. The Balaban J connectivity index is 1.65. The highest BCUT2D eigenvalue weighted by Crippen LogP contribution is 2.28. The molecule has 0 spiro atoms. The van der Waals surface area contributed by atoms with Crippen molar-refractivity contribution in [2.24, 2.45) is 0 Å². The molecule has 1 atom stereocenters. The Morgan fingerprint density at radius 1 is 1.12 bits per heavy atom. The smallest absolute Gasteiger partial charge is 0.226 e. The van der Waals surface area contributed by atoms with E-state index in [4.69, 9.17) is 14.7 Å². The maximum atomic E-state index is 5.33. The molecule has 2 aromatic heterocycles. The van der Waals surface area contributed by atoms with E-state index in [1.165, 1.54) is 5.69 Å². The van der Waals surface area contributed by atoms with Gasteiger partial charge in [0.1, 0.15) is 5.75 Å². The molecule has 3 aromatic rings. The van der Waals surface area contributed by atoms with Crippen molar-refractivity contribution in [1.82, 2.24) is 19.7 Å². The number of methoxy groups -OCH3 is 1. The standard InChI is InChI=1S/C19H23N5O/c1-12-9-13(2)24(22-12)15-7-8-23(11-15)19-20-14(3)17-6-5-16(25-4)10-18(17)21-19/h5-6,9-10,15H,7-8,11H2,1-4H3. The maximum absolute atomic E-state index is 5.33. The Morgan fingerprint density at radius 2 is 1.96 bits per heavy atom. The molecule has 25 heavy (non-hydrogen) atoms. The van der Waals surface area contributed by atoms with Crippen LogP contribution in [0.15, 0.2) is 24.3 Å². The van der Waals surface area contributed by atoms with Gasteiger partial charge in [0.25, 0.3) is 0 Å². The van der Waals surface area contributed by atoms with E-state index in [-0.39, 0.29) is 0 Å². The van der Waals surface area contributed by atoms with Gasteiger partial charge in [-0.25, -0.2) is 9.97 Å². The highest BCUT2D eigenvalue weighted by molar-refractivity contribution is 5.83. The summed E-state index contributed by atoms with van der Waals surface area (Å²) in [6, 6.07) is 8.45. The molecule has 1 fully saturated rings. The second-order valence-electron chi connectivity index (χ2n) is 6.75. The van der Waals surface area contributed by atoms with Crippen molar-refractivity contribution in [2.75, 3.05) is 25.1 Å². The van der Waals surface area contributed by atoms with Gasteiger partial charge in [-0.1, -0.05) is 0 Å². The Bertz CT molecular complexity index is 933. The lowest BCUT2D eigenvalue weighted by Gasteiger charge is -2.18. The van der Waals surface area contributed by atoms with E-state index < -0.39 is 0 Å². The van der Waals surface area contributed by atoms with Gasteiger partial charge in [0.05, 0.1) is 30.1 Å². The number of nitrogens with zero attached hydrogens (tertiary/aromatic N) is 5. The minimum atomic E-state index is 0.374. The highest BCUT2D eigenvalue weighted by atomic mass is 16.5. The zero-order chi connectivity index (χ0) is 17.6. The second kappa shape index (κ2) is 6.02. The van der Waals surface area contributed by atoms with Crippen molar-refractivity contribution in [2.45, 2.75) is 33.2 Å². The number of anilines is 1. The monoisotopic (exact) mass is 337 g/mol. The van der Waals surface area contributed by atoms with Gasteiger partial charge in [0.2, 0.25) is 5.95 Å². The summed E-state index contributed by atoms with van der Waals surface area (Å²) in [5.74, 6) is 1.61. The van der Waals surface area contributed by atoms with Crippen LogP contribution in [-0.4, -0.2) is 39.9 Å². The summed E-state index contributed by atoms with van der Waals surface area (Å²) in [6.45, 7) is 8.02. The molecule has 4 rings (SSSR count). The first kappa shape index (κ1) is 15.9. The zero-order valence-corrected chi connectivity index (χ0v) is 15.2. The average molecular weight is 337 g/mol. The number of hydrogen-bond acceptors (Lipinski definition) is 5. The van der Waals surface area contributed by atoms with Crippen LogP contribution >= 0.6 is 0 Å². The lowest BCUT2D eigenvalue weighted by molar-refractivity contribution is 0.415. The number of fused-ring (bicyclic) bond motifs is 1. The Hall–Kier alpha value is -2.63. The van der Waals surface area contributed by atoms with Crippen molar-refractivity contribution in [3.63, 3.8) is 0 Å². The number of aryl methyl sites for hydroxylation is 3. The molecule has 1 aromatic carbocycles. The SMILES string of the molecule is COc1ccc2c(C)nc(N3CCC(n4nc(C)cc4C)C3)nc2c1. The van der Waals surface area contributed by atoms with Crippen LogP contribution in [0.25, 0.3) is 10.9 Å². The van der Waals surface area contributed by atoms with Gasteiger partial charge in [-0.2, -0.15) is 5.10 Å². The van der Waals surface area contributed by atoms with E-state index in [1.807, 2.05) is 32.0 Å². The van der Waals surface area contributed by atoms with Crippen LogP contribution in [0.5, 0.6) is 5.75 Å². The van der Waals surface area contributed by atoms with Crippen LogP contribution in [0.4, 0.5) is 5.95 Å². The lowest BCUT2D eigenvalue weighted by Crippen LogP contribution is -2.24. The van der Waals surface area contributed by atoms with Crippen molar-refractivity contribution < 1.29 is 4.74 Å². The predicted molar refractivity (Wildman–Crippen MR) is 98.4 cm³/mol. The van der Waals surface area contributed by atoms with E-state index in [1.54, 1.807) is 7.11 Å². The number of benzene rings is 1. The van der Waals surface area contributed by atoms with Gasteiger partial charge < -0.3 is 9.64 Å². The molecule has 1 saturated heterocycles. The molecule has 0 saturated carbocycles. The van der Waals surface area contributed by atoms with E-state index in [9.17, 15) is 0 Å². The molecule has 0 radical (unpaired) electrons. The molecule has 130 valence electrons. The van der Waals surface area contributed by atoms with Crippen molar-refractivity contribution in [1.29, 1.82) is 0 Å². The number of aromatic nitrogens is 4. The molecule has 6 nitrogen and oxygen atoms in total. The third kappa shape index (κ3) is 2.81. The molecular formula is C19H23N5O. The Morgan fingerprint density at radius 3 is 2.68 bits per heavy atom. The molecule has 1 aliphatic rings. The fraction of sp³-hybridized carbons (Fsp3) is 0.421. The Kier molecular flexibility index (Phi) is 3.82. The molecule has 6 heteroatoms. The predicted octanol–water partition coefficient (Wildman–Crippen LogP) is 3.21. The second-order valence-corrected chi connectivity index (χ2v) is 6.75. The Labute approximate surface area is 147 Å². The van der Waals surface area contributed by atoms with Crippen LogP contribution in [0.3, 0.4) is 0 Å². The van der Waals surface area contributed by atoms with E-state index in [0.29, 0.717) is 6.04 Å². The molecule has 1 aliphatic heterocycles. The molecule has 0 N–H and O–H groups in total. The first-order valence-electron chi connectivity index (χ1n) is 8.65. The highest BCUT2D eigenvalue weighted by Gasteiger charge is 2.27. The normalized spacial score (nSPS) is 17.4. The van der Waals surface area contributed by atoms with Crippen molar-refractivity contribution >= 4 is 16.9 Å². The van der Waals surface area contributed by atoms with Crippen LogP contribution < -0.4 is 9.64 Å². The third-order valence-electron chi connectivity index (χ3n) is 4.92. The topological polar surface area (TPSA) is 56.1 Å². The molecule has 0 aliphatic carbocycles. The van der Waals surface area contributed by atoms with Gasteiger partial charge in [0.15, 0.2) is 0 Å². The van der Waals surface area contributed by atoms with Gasteiger partial charge in [0, 0.05) is 30.2 Å². The summed E-state index contributed by atoms with van der Waals surface area (Å²) in [6.07, 6.45) is 1.06. The quantitative estimate of drug-likeness (QED) is 0.734. The first-order chi connectivity index (χ1) is 12.0. The maximum Gasteiger partial charge on any atom is 0.226 e. The summed E-state index contributed by atoms with van der Waals surface area (Å²) in [7, 11) is 1.68. The summed E-state index contributed by atoms with van der Waals surface area (Å²) in [4.78, 5) is 11.8. The van der Waals surface area contributed by atoms with Crippen LogP contribution in [-0.2, 0) is 0 Å². The van der Waals surface area contributed by atoms with Crippen LogP contribution in [0, 0.1) is 20.8 Å². The van der Waals surface area contributed by atoms with Gasteiger partial charge >= 0.3 is 0 Å². The average Bonchev–Trinajstić information content (AvgIpc) is 3.20. The summed E-state index contributed by atoms with van der Waals surface area (Å²) >= 11 is 0. The first-order valence-corrected chi connectivity index (χ1v) is 8.65. The molecule has 0 bridgehead atoms. The van der Waals surface area contributed by atoms with Gasteiger partial charge in [-0.05, 0) is 45.4 Å². The molecule has 3 heterocycles. The summed E-state index contributed by atoms with van der Waals surface area (Å²) < 4.78 is 7.48. The number of rotatable bonds is 3. The fourth-order valence-corrected chi connectivity index (χ4v) is 3.66. The molecule has 0 amide bonds. The van der Waals surface area contributed by atoms with E-state index >= 15 is 0 Å². The largest absolute Gasteiger partial charge is 0.497 e. The lowest BCUT2D eigenvalue weighted by atomic mass is 10.2. The molecular weight excluding hydrogens is 314 g/mol. The van der Waals surface area contributed by atoms with Crippen molar-refractivity contribution in [3.05, 3.63) is 41.3 Å². The number of ether oxygens (including phenoxy) is 1. The minimum Gasteiger partial charge on any atom is -0.497 e. The summed E-state index contributed by atoms with van der Waals surface area (Å²) in [5, 5.41) is 5.71. The fourth-order valence-electron chi connectivity index (χ4n) is 3.66. The van der Waals surface area contributed by atoms with E-state index in [2.05, 4.69) is 27.7 Å². The van der Waals surface area contributed by atoms with Gasteiger partial charge in [-0.15, -0.1) is 0 Å². The van der Waals surface area contributed by atoms with Crippen molar-refractivity contribution in [3.8, 4) is 5.75 Å². The van der Waals surface area contributed by atoms with Crippen LogP contribution in [0.1, 0.15) is 29.5 Å².